The van der Waals surface area contributed by atoms with Gasteiger partial charge in [0.1, 0.15) is 30.5 Å². The summed E-state index contributed by atoms with van der Waals surface area (Å²) in [7, 11) is 0. The number of carbonyl (C=O) groups is 1. The molecule has 0 radical (unpaired) electrons. The van der Waals surface area contributed by atoms with Crippen LogP contribution in [0.1, 0.15) is 60.9 Å². The summed E-state index contributed by atoms with van der Waals surface area (Å²) in [6, 6.07) is 4.03. The highest BCUT2D eigenvalue weighted by atomic mass is 16.2. The van der Waals surface area contributed by atoms with E-state index in [9.17, 15) is 4.79 Å². The Hall–Kier alpha value is -3.36. The van der Waals surface area contributed by atoms with Crippen LogP contribution in [-0.2, 0) is 0 Å². The molecule has 2 atom stereocenters. The second-order valence-corrected chi connectivity index (χ2v) is 7.98. The SMILES string of the molecule is CC1(NC(=O)c2cc(-n3cncn3)ccn2)C=CCC(c2nncn2C2CC2)C1. The average Bonchev–Trinajstić information content (AvgIpc) is 3.21. The number of nitrogens with zero attached hydrogens (tertiary/aromatic N) is 7. The highest BCUT2D eigenvalue weighted by molar-refractivity contribution is 5.93. The molecular weight excluding hydrogens is 368 g/mol. The third kappa shape index (κ3) is 3.55. The fourth-order valence-corrected chi connectivity index (χ4v) is 3.97. The van der Waals surface area contributed by atoms with Crippen molar-refractivity contribution in [2.45, 2.75) is 50.1 Å². The Bertz CT molecular complexity index is 1050. The lowest BCUT2D eigenvalue weighted by Crippen LogP contribution is -2.47. The van der Waals surface area contributed by atoms with E-state index >= 15 is 0 Å². The molecule has 3 heterocycles. The van der Waals surface area contributed by atoms with Gasteiger partial charge >= 0.3 is 0 Å². The van der Waals surface area contributed by atoms with Crippen LogP contribution in [0.4, 0.5) is 0 Å². The van der Waals surface area contributed by atoms with Gasteiger partial charge in [-0.3, -0.25) is 9.78 Å². The van der Waals surface area contributed by atoms with Crippen LogP contribution in [0.3, 0.4) is 0 Å². The van der Waals surface area contributed by atoms with E-state index in [1.54, 1.807) is 29.3 Å². The van der Waals surface area contributed by atoms with Gasteiger partial charge in [-0.1, -0.05) is 12.2 Å². The molecule has 1 fully saturated rings. The summed E-state index contributed by atoms with van der Waals surface area (Å²) in [5.74, 6) is 1.02. The molecule has 148 valence electrons. The van der Waals surface area contributed by atoms with Crippen LogP contribution in [0.2, 0.25) is 0 Å². The summed E-state index contributed by atoms with van der Waals surface area (Å²) in [5, 5.41) is 15.8. The Labute approximate surface area is 167 Å². The van der Waals surface area contributed by atoms with Gasteiger partial charge in [-0.25, -0.2) is 9.67 Å². The number of amides is 1. The first kappa shape index (κ1) is 17.7. The standard InChI is InChI=1S/C20H22N8O/c1-20(7-2-3-14(10-20)18-26-23-13-27(18)15-4-5-15)25-19(29)17-9-16(6-8-22-17)28-12-21-11-24-28/h2,6-9,11-15H,3-5,10H2,1H3,(H,25,29). The van der Waals surface area contributed by atoms with E-state index < -0.39 is 5.54 Å². The third-order valence-corrected chi connectivity index (χ3v) is 5.54. The number of nitrogens with one attached hydrogen (secondary N) is 1. The Morgan fingerprint density at radius 3 is 3.00 bits per heavy atom. The van der Waals surface area contributed by atoms with Crippen LogP contribution in [0.15, 0.2) is 49.5 Å². The predicted molar refractivity (Wildman–Crippen MR) is 104 cm³/mol. The molecule has 29 heavy (non-hydrogen) atoms. The van der Waals surface area contributed by atoms with Gasteiger partial charge in [0.2, 0.25) is 0 Å². The number of aromatic nitrogens is 7. The minimum absolute atomic E-state index is 0.219. The molecule has 0 bridgehead atoms. The first-order valence-electron chi connectivity index (χ1n) is 9.82. The average molecular weight is 390 g/mol. The summed E-state index contributed by atoms with van der Waals surface area (Å²) in [6.07, 6.45) is 14.7. The Kier molecular flexibility index (Phi) is 4.22. The van der Waals surface area contributed by atoms with E-state index in [1.807, 2.05) is 13.3 Å². The van der Waals surface area contributed by atoms with E-state index in [0.29, 0.717) is 11.7 Å². The maximum atomic E-state index is 12.9. The number of hydrogen-bond donors (Lipinski definition) is 1. The van der Waals surface area contributed by atoms with Gasteiger partial charge in [0, 0.05) is 18.2 Å². The first-order chi connectivity index (χ1) is 14.1. The second kappa shape index (κ2) is 6.91. The molecule has 1 N–H and O–H groups in total. The summed E-state index contributed by atoms with van der Waals surface area (Å²) in [4.78, 5) is 21.1. The number of rotatable bonds is 5. The molecule has 9 nitrogen and oxygen atoms in total. The van der Waals surface area contributed by atoms with Crippen LogP contribution in [-0.4, -0.2) is 46.0 Å². The van der Waals surface area contributed by atoms with Crippen LogP contribution in [0.25, 0.3) is 5.69 Å². The summed E-state index contributed by atoms with van der Waals surface area (Å²) in [6.45, 7) is 2.03. The lowest BCUT2D eigenvalue weighted by Gasteiger charge is -2.34. The van der Waals surface area contributed by atoms with Crippen LogP contribution < -0.4 is 5.32 Å². The van der Waals surface area contributed by atoms with Crippen molar-refractivity contribution in [3.8, 4) is 5.69 Å². The summed E-state index contributed by atoms with van der Waals surface area (Å²) < 4.78 is 3.80. The molecule has 2 aliphatic carbocycles. The molecule has 3 aromatic rings. The molecular formula is C20H22N8O. The fraction of sp³-hybridized carbons (Fsp3) is 0.400. The lowest BCUT2D eigenvalue weighted by atomic mass is 9.81. The Morgan fingerprint density at radius 1 is 1.31 bits per heavy atom. The third-order valence-electron chi connectivity index (χ3n) is 5.54. The fourth-order valence-electron chi connectivity index (χ4n) is 3.97. The van der Waals surface area contributed by atoms with Crippen molar-refractivity contribution in [3.63, 3.8) is 0 Å². The van der Waals surface area contributed by atoms with Gasteiger partial charge in [-0.15, -0.1) is 10.2 Å². The number of allylic oxidation sites excluding steroid dienone is 1. The van der Waals surface area contributed by atoms with Gasteiger partial charge in [-0.2, -0.15) is 5.10 Å². The van der Waals surface area contributed by atoms with Crippen LogP contribution in [0, 0.1) is 0 Å². The minimum atomic E-state index is -0.481. The van der Waals surface area contributed by atoms with Gasteiger partial charge < -0.3 is 9.88 Å². The monoisotopic (exact) mass is 390 g/mol. The number of carbonyl (C=O) groups excluding carboxylic acids is 1. The molecule has 0 aliphatic heterocycles. The van der Waals surface area contributed by atoms with Crippen molar-refractivity contribution < 1.29 is 4.79 Å². The topological polar surface area (TPSA) is 103 Å². The molecule has 0 saturated heterocycles. The normalized spacial score (nSPS) is 23.8. The van der Waals surface area contributed by atoms with Gasteiger partial charge in [0.15, 0.2) is 0 Å². The Balaban J connectivity index is 1.33. The van der Waals surface area contributed by atoms with E-state index in [1.165, 1.54) is 19.2 Å². The molecule has 3 aromatic heterocycles. The molecule has 5 rings (SSSR count). The van der Waals surface area contributed by atoms with E-state index in [0.717, 1.165) is 24.4 Å². The molecule has 2 unspecified atom stereocenters. The van der Waals surface area contributed by atoms with Crippen LogP contribution in [0.5, 0.6) is 0 Å². The Morgan fingerprint density at radius 2 is 2.21 bits per heavy atom. The summed E-state index contributed by atoms with van der Waals surface area (Å²) >= 11 is 0. The molecule has 2 aliphatic rings. The zero-order valence-corrected chi connectivity index (χ0v) is 16.1. The van der Waals surface area contributed by atoms with Gasteiger partial charge in [0.25, 0.3) is 5.91 Å². The number of pyridine rings is 1. The van der Waals surface area contributed by atoms with Crippen LogP contribution >= 0.6 is 0 Å². The van der Waals surface area contributed by atoms with Crippen molar-refractivity contribution in [2.75, 3.05) is 0 Å². The molecule has 9 heteroatoms. The smallest absolute Gasteiger partial charge is 0.270 e. The maximum absolute atomic E-state index is 12.9. The van der Waals surface area contributed by atoms with E-state index in [-0.39, 0.29) is 11.8 Å². The van der Waals surface area contributed by atoms with Crippen molar-refractivity contribution in [3.05, 3.63) is 61.0 Å². The van der Waals surface area contributed by atoms with Crippen molar-refractivity contribution in [1.82, 2.24) is 39.8 Å². The van der Waals surface area contributed by atoms with Crippen molar-refractivity contribution >= 4 is 5.91 Å². The quantitative estimate of drug-likeness (QED) is 0.670. The molecule has 1 amide bonds. The zero-order chi connectivity index (χ0) is 19.8. The van der Waals surface area contributed by atoms with Gasteiger partial charge in [-0.05, 0) is 44.7 Å². The van der Waals surface area contributed by atoms with E-state index in [2.05, 4.69) is 47.3 Å². The summed E-state index contributed by atoms with van der Waals surface area (Å²) in [5.41, 5.74) is 0.601. The van der Waals surface area contributed by atoms with E-state index in [4.69, 9.17) is 0 Å². The first-order valence-corrected chi connectivity index (χ1v) is 9.82. The predicted octanol–water partition coefficient (Wildman–Crippen LogP) is 2.21. The maximum Gasteiger partial charge on any atom is 0.270 e. The highest BCUT2D eigenvalue weighted by Gasteiger charge is 2.35. The molecule has 0 spiro atoms. The van der Waals surface area contributed by atoms with Crippen molar-refractivity contribution in [1.29, 1.82) is 0 Å². The zero-order valence-electron chi connectivity index (χ0n) is 16.1. The van der Waals surface area contributed by atoms with Crippen molar-refractivity contribution in [2.24, 2.45) is 0 Å². The molecule has 1 saturated carbocycles. The lowest BCUT2D eigenvalue weighted by molar-refractivity contribution is 0.0909. The second-order valence-electron chi connectivity index (χ2n) is 7.98. The highest BCUT2D eigenvalue weighted by Crippen LogP contribution is 2.40. The number of hydrogen-bond acceptors (Lipinski definition) is 6. The largest absolute Gasteiger partial charge is 0.342 e. The van der Waals surface area contributed by atoms with Gasteiger partial charge in [0.05, 0.1) is 11.2 Å². The molecule has 0 aromatic carbocycles. The minimum Gasteiger partial charge on any atom is -0.342 e.